The Morgan fingerprint density at radius 1 is 1.64 bits per heavy atom. The van der Waals surface area contributed by atoms with Crippen molar-refractivity contribution in [3.8, 4) is 0 Å². The number of nitrogen functional groups attached to an aromatic ring is 1. The number of anilines is 1. The van der Waals surface area contributed by atoms with Gasteiger partial charge in [0.15, 0.2) is 11.5 Å². The molecule has 14 heavy (non-hydrogen) atoms. The van der Waals surface area contributed by atoms with E-state index in [1.807, 2.05) is 0 Å². The zero-order valence-electron chi connectivity index (χ0n) is 8.03. The van der Waals surface area contributed by atoms with Gasteiger partial charge in [0.05, 0.1) is 12.1 Å². The Kier molecular flexibility index (Phi) is 2.70. The molecule has 0 unspecified atom stereocenters. The molecule has 0 bridgehead atoms. The smallest absolute Gasteiger partial charge is 0.276 e. The number of carbonyl (C=O) groups excluding carboxylic acids is 1. The molecular weight excluding hydrogens is 186 g/mol. The van der Waals surface area contributed by atoms with Gasteiger partial charge < -0.3 is 16.2 Å². The van der Waals surface area contributed by atoms with E-state index in [0.717, 1.165) is 0 Å². The summed E-state index contributed by atoms with van der Waals surface area (Å²) in [7, 11) is 0. The highest BCUT2D eigenvalue weighted by Gasteiger charge is 2.23. The molecule has 7 nitrogen and oxygen atoms in total. The van der Waals surface area contributed by atoms with Crippen LogP contribution in [0.3, 0.4) is 0 Å². The fourth-order valence-corrected chi connectivity index (χ4v) is 0.812. The number of hydrogen-bond acceptors (Lipinski definition) is 5. The van der Waals surface area contributed by atoms with Crippen LogP contribution in [0, 0.1) is 0 Å². The number of aliphatic hydroxyl groups is 1. The first-order valence-corrected chi connectivity index (χ1v) is 4.06. The summed E-state index contributed by atoms with van der Waals surface area (Å²) in [6.07, 6.45) is 0. The monoisotopic (exact) mass is 199 g/mol. The number of aliphatic hydroxyl groups excluding tert-OH is 1. The second kappa shape index (κ2) is 3.62. The molecule has 0 spiro atoms. The molecule has 5 N–H and O–H groups in total. The van der Waals surface area contributed by atoms with Gasteiger partial charge in [-0.05, 0) is 13.8 Å². The molecule has 0 aliphatic heterocycles. The summed E-state index contributed by atoms with van der Waals surface area (Å²) in [6.45, 7) is 3.19. The Bertz CT molecular complexity index is 333. The van der Waals surface area contributed by atoms with E-state index in [-0.39, 0.29) is 18.1 Å². The Labute approximate surface area is 80.7 Å². The van der Waals surface area contributed by atoms with E-state index in [1.165, 1.54) is 0 Å². The van der Waals surface area contributed by atoms with E-state index < -0.39 is 11.4 Å². The lowest BCUT2D eigenvalue weighted by Gasteiger charge is -2.22. The summed E-state index contributed by atoms with van der Waals surface area (Å²) in [5.74, 6) is -0.425. The van der Waals surface area contributed by atoms with E-state index in [4.69, 9.17) is 10.8 Å². The molecule has 0 fully saturated rings. The summed E-state index contributed by atoms with van der Waals surface area (Å²) < 4.78 is 0. The van der Waals surface area contributed by atoms with Crippen molar-refractivity contribution in [2.75, 3.05) is 12.3 Å². The number of carbonyl (C=O) groups is 1. The normalized spacial score (nSPS) is 11.4. The summed E-state index contributed by atoms with van der Waals surface area (Å²) >= 11 is 0. The standard InChI is InChI=1S/C7H13N5O2/c1-7(2,3-13)9-6(14)4-5(8)11-12-10-4/h13H,3H2,1-2H3,(H,9,14)(H3,8,10,11,12). The molecule has 1 aromatic heterocycles. The van der Waals surface area contributed by atoms with E-state index in [0.29, 0.717) is 0 Å². The van der Waals surface area contributed by atoms with Crippen LogP contribution in [-0.4, -0.2) is 38.6 Å². The minimum absolute atomic E-state index is 0.0338. The SMILES string of the molecule is CC(C)(CO)NC(=O)c1n[nH]nc1N. The van der Waals surface area contributed by atoms with Crippen molar-refractivity contribution >= 4 is 11.7 Å². The van der Waals surface area contributed by atoms with Crippen LogP contribution in [0.1, 0.15) is 24.3 Å². The van der Waals surface area contributed by atoms with Gasteiger partial charge in [0.25, 0.3) is 5.91 Å². The van der Waals surface area contributed by atoms with Crippen LogP contribution in [0.2, 0.25) is 0 Å². The largest absolute Gasteiger partial charge is 0.394 e. The molecule has 0 radical (unpaired) electrons. The van der Waals surface area contributed by atoms with Crippen LogP contribution in [0.5, 0.6) is 0 Å². The first-order valence-electron chi connectivity index (χ1n) is 4.06. The van der Waals surface area contributed by atoms with Crippen LogP contribution >= 0.6 is 0 Å². The predicted octanol–water partition coefficient (Wildman–Crippen LogP) is -1.11. The van der Waals surface area contributed by atoms with Gasteiger partial charge in [-0.1, -0.05) is 0 Å². The van der Waals surface area contributed by atoms with Crippen molar-refractivity contribution in [3.63, 3.8) is 0 Å². The number of H-pyrrole nitrogens is 1. The van der Waals surface area contributed by atoms with Crippen LogP contribution in [0.15, 0.2) is 0 Å². The third kappa shape index (κ3) is 2.19. The topological polar surface area (TPSA) is 117 Å². The zero-order chi connectivity index (χ0) is 10.8. The van der Waals surface area contributed by atoms with Gasteiger partial charge in [-0.15, -0.1) is 10.2 Å². The molecule has 1 heterocycles. The lowest BCUT2D eigenvalue weighted by Crippen LogP contribution is -2.46. The highest BCUT2D eigenvalue weighted by atomic mass is 16.3. The average molecular weight is 199 g/mol. The van der Waals surface area contributed by atoms with E-state index in [2.05, 4.69) is 20.7 Å². The van der Waals surface area contributed by atoms with Gasteiger partial charge in [-0.3, -0.25) is 4.79 Å². The quantitative estimate of drug-likeness (QED) is 0.492. The number of hydrogen-bond donors (Lipinski definition) is 4. The second-order valence-corrected chi connectivity index (χ2v) is 3.55. The first-order chi connectivity index (χ1) is 6.46. The third-order valence-electron chi connectivity index (χ3n) is 1.64. The molecule has 0 aliphatic rings. The lowest BCUT2D eigenvalue weighted by atomic mass is 10.1. The van der Waals surface area contributed by atoms with Gasteiger partial charge in [-0.2, -0.15) is 5.21 Å². The molecule has 0 saturated heterocycles. The minimum Gasteiger partial charge on any atom is -0.394 e. The predicted molar refractivity (Wildman–Crippen MR) is 49.4 cm³/mol. The molecule has 7 heteroatoms. The van der Waals surface area contributed by atoms with Crippen LogP contribution in [-0.2, 0) is 0 Å². The number of rotatable bonds is 3. The van der Waals surface area contributed by atoms with Crippen LogP contribution in [0.25, 0.3) is 0 Å². The van der Waals surface area contributed by atoms with Crippen molar-refractivity contribution in [1.82, 2.24) is 20.7 Å². The molecule has 0 aromatic carbocycles. The Morgan fingerprint density at radius 3 is 2.71 bits per heavy atom. The highest BCUT2D eigenvalue weighted by Crippen LogP contribution is 2.06. The van der Waals surface area contributed by atoms with Gasteiger partial charge in [-0.25, -0.2) is 0 Å². The van der Waals surface area contributed by atoms with Crippen molar-refractivity contribution < 1.29 is 9.90 Å². The molecule has 0 atom stereocenters. The number of aromatic amines is 1. The third-order valence-corrected chi connectivity index (χ3v) is 1.64. The van der Waals surface area contributed by atoms with Gasteiger partial charge in [0.1, 0.15) is 0 Å². The lowest BCUT2D eigenvalue weighted by molar-refractivity contribution is 0.0865. The Hall–Kier alpha value is -1.63. The summed E-state index contributed by atoms with van der Waals surface area (Å²) in [6, 6.07) is 0. The molecule has 0 saturated carbocycles. The minimum atomic E-state index is -0.706. The molecular formula is C7H13N5O2. The fraction of sp³-hybridized carbons (Fsp3) is 0.571. The number of nitrogens with one attached hydrogen (secondary N) is 2. The van der Waals surface area contributed by atoms with Crippen molar-refractivity contribution in [2.45, 2.75) is 19.4 Å². The van der Waals surface area contributed by atoms with Gasteiger partial charge in [0.2, 0.25) is 0 Å². The molecule has 1 amide bonds. The average Bonchev–Trinajstić information content (AvgIpc) is 2.51. The Morgan fingerprint density at radius 2 is 2.29 bits per heavy atom. The Balaban J connectivity index is 2.73. The maximum absolute atomic E-state index is 11.5. The maximum Gasteiger partial charge on any atom is 0.276 e. The molecule has 78 valence electrons. The number of amides is 1. The highest BCUT2D eigenvalue weighted by molar-refractivity contribution is 5.96. The van der Waals surface area contributed by atoms with Gasteiger partial charge >= 0.3 is 0 Å². The fourth-order valence-electron chi connectivity index (χ4n) is 0.812. The summed E-state index contributed by atoms with van der Waals surface area (Å²) in [4.78, 5) is 11.5. The van der Waals surface area contributed by atoms with Crippen molar-refractivity contribution in [2.24, 2.45) is 0 Å². The zero-order valence-corrected chi connectivity index (χ0v) is 8.03. The van der Waals surface area contributed by atoms with E-state index in [1.54, 1.807) is 13.8 Å². The number of nitrogens with two attached hydrogens (primary N) is 1. The molecule has 1 rings (SSSR count). The van der Waals surface area contributed by atoms with Crippen LogP contribution in [0.4, 0.5) is 5.82 Å². The summed E-state index contributed by atoms with van der Waals surface area (Å²) in [5, 5.41) is 20.8. The number of aromatic nitrogens is 3. The van der Waals surface area contributed by atoms with Crippen LogP contribution < -0.4 is 11.1 Å². The van der Waals surface area contributed by atoms with E-state index in [9.17, 15) is 4.79 Å². The molecule has 1 aromatic rings. The maximum atomic E-state index is 11.5. The first kappa shape index (κ1) is 10.5. The second-order valence-electron chi connectivity index (χ2n) is 3.55. The summed E-state index contributed by atoms with van der Waals surface area (Å²) in [5.41, 5.74) is 4.70. The number of nitrogens with zero attached hydrogens (tertiary/aromatic N) is 2. The van der Waals surface area contributed by atoms with Crippen molar-refractivity contribution in [3.05, 3.63) is 5.69 Å². The van der Waals surface area contributed by atoms with Gasteiger partial charge in [0, 0.05) is 0 Å². The molecule has 0 aliphatic carbocycles. The van der Waals surface area contributed by atoms with E-state index >= 15 is 0 Å². The van der Waals surface area contributed by atoms with Crippen molar-refractivity contribution in [1.29, 1.82) is 0 Å².